The Morgan fingerprint density at radius 3 is 2.62 bits per heavy atom. The summed E-state index contributed by atoms with van der Waals surface area (Å²) < 4.78 is 46.4. The maximum Gasteiger partial charge on any atom is 0.420 e. The molecule has 164 valence electrons. The molecule has 4 rings (SSSR count). The van der Waals surface area contributed by atoms with E-state index < -0.39 is 11.7 Å². The average molecular weight is 474 g/mol. The van der Waals surface area contributed by atoms with Crippen LogP contribution in [0.3, 0.4) is 0 Å². The van der Waals surface area contributed by atoms with Crippen molar-refractivity contribution in [2.24, 2.45) is 0 Å². The summed E-state index contributed by atoms with van der Waals surface area (Å²) in [7, 11) is 0. The zero-order valence-electron chi connectivity index (χ0n) is 16.7. The van der Waals surface area contributed by atoms with Gasteiger partial charge >= 0.3 is 6.18 Å². The number of anilines is 2. The van der Waals surface area contributed by atoms with Gasteiger partial charge in [-0.25, -0.2) is 4.98 Å². The number of aromatic nitrogens is 2. The number of alkyl halides is 3. The number of rotatable bonds is 8. The highest BCUT2D eigenvalue weighted by Gasteiger charge is 2.34. The number of ether oxygens (including phenoxy) is 1. The second-order valence-electron chi connectivity index (χ2n) is 6.62. The van der Waals surface area contributed by atoms with Gasteiger partial charge in [-0.1, -0.05) is 18.2 Å². The highest BCUT2D eigenvalue weighted by Crippen LogP contribution is 2.39. The van der Waals surface area contributed by atoms with E-state index in [4.69, 9.17) is 4.74 Å². The number of benzene rings is 2. The number of thioether (sulfide) groups is 1. The minimum atomic E-state index is -4.54. The second-order valence-corrected chi connectivity index (χ2v) is 8.65. The summed E-state index contributed by atoms with van der Waals surface area (Å²) in [6.07, 6.45) is -1.19. The van der Waals surface area contributed by atoms with E-state index in [-0.39, 0.29) is 18.0 Å². The molecule has 0 bridgehead atoms. The van der Waals surface area contributed by atoms with Crippen LogP contribution in [0.4, 0.5) is 24.0 Å². The lowest BCUT2D eigenvalue weighted by molar-refractivity contribution is -0.138. The topological polar surface area (TPSA) is 47.0 Å². The Morgan fingerprint density at radius 1 is 1.03 bits per heavy atom. The van der Waals surface area contributed by atoms with Crippen LogP contribution < -0.4 is 10.1 Å². The van der Waals surface area contributed by atoms with Gasteiger partial charge in [0.1, 0.15) is 5.75 Å². The van der Waals surface area contributed by atoms with Crippen molar-refractivity contribution in [1.29, 1.82) is 0 Å². The number of hydrogen-bond acceptors (Lipinski definition) is 6. The smallest absolute Gasteiger partial charge is 0.420 e. The first-order valence-corrected chi connectivity index (χ1v) is 11.5. The molecule has 0 amide bonds. The molecule has 2 heterocycles. The number of nitrogens with zero attached hydrogens (tertiary/aromatic N) is 2. The van der Waals surface area contributed by atoms with Gasteiger partial charge in [0.25, 0.3) is 0 Å². The Hall–Kier alpha value is -3.04. The molecule has 4 nitrogen and oxygen atoms in total. The molecule has 0 atom stereocenters. The molecule has 0 radical (unpaired) electrons. The molecule has 2 aromatic heterocycles. The van der Waals surface area contributed by atoms with Crippen LogP contribution in [0.25, 0.3) is 11.3 Å². The molecular formula is C23H18F3N3OS2. The van der Waals surface area contributed by atoms with E-state index in [1.807, 2.05) is 41.8 Å². The number of halogens is 3. The largest absolute Gasteiger partial charge is 0.492 e. The number of thiazole rings is 1. The Morgan fingerprint density at radius 2 is 1.88 bits per heavy atom. The molecule has 0 spiro atoms. The third-order valence-electron chi connectivity index (χ3n) is 4.35. The van der Waals surface area contributed by atoms with Gasteiger partial charge in [-0.2, -0.15) is 13.2 Å². The molecule has 9 heteroatoms. The molecule has 0 unspecified atom stereocenters. The third kappa shape index (κ3) is 5.80. The van der Waals surface area contributed by atoms with Crippen LogP contribution in [0, 0.1) is 0 Å². The molecule has 0 fully saturated rings. The molecular weight excluding hydrogens is 455 g/mol. The van der Waals surface area contributed by atoms with Crippen LogP contribution in [0.15, 0.2) is 83.3 Å². The fraction of sp³-hybridized carbons (Fsp3) is 0.130. The second kappa shape index (κ2) is 10.1. The van der Waals surface area contributed by atoms with E-state index >= 15 is 0 Å². The molecule has 1 N–H and O–H groups in total. The summed E-state index contributed by atoms with van der Waals surface area (Å²) in [5, 5.41) is 5.27. The highest BCUT2D eigenvalue weighted by atomic mass is 32.2. The highest BCUT2D eigenvalue weighted by molar-refractivity contribution is 7.99. The Bertz CT molecular complexity index is 1150. The first-order chi connectivity index (χ1) is 15.5. The molecule has 0 aliphatic heterocycles. The van der Waals surface area contributed by atoms with E-state index in [1.54, 1.807) is 24.5 Å². The van der Waals surface area contributed by atoms with Crippen LogP contribution in [0.1, 0.15) is 5.56 Å². The summed E-state index contributed by atoms with van der Waals surface area (Å²) in [4.78, 5) is 9.53. The zero-order chi connectivity index (χ0) is 22.4. The van der Waals surface area contributed by atoms with Gasteiger partial charge in [0.05, 0.1) is 17.9 Å². The van der Waals surface area contributed by atoms with E-state index in [2.05, 4.69) is 15.3 Å². The molecule has 0 saturated heterocycles. The number of pyridine rings is 1. The van der Waals surface area contributed by atoms with Gasteiger partial charge in [-0.05, 0) is 42.5 Å². The zero-order valence-corrected chi connectivity index (χ0v) is 18.3. The first-order valence-electron chi connectivity index (χ1n) is 9.64. The van der Waals surface area contributed by atoms with Crippen molar-refractivity contribution in [3.63, 3.8) is 0 Å². The van der Waals surface area contributed by atoms with Crippen molar-refractivity contribution in [2.75, 3.05) is 17.7 Å². The Balaban J connectivity index is 1.43. The van der Waals surface area contributed by atoms with Gasteiger partial charge in [0.15, 0.2) is 5.13 Å². The maximum absolute atomic E-state index is 13.6. The summed E-state index contributed by atoms with van der Waals surface area (Å²) in [6.45, 7) is 0.163. The fourth-order valence-electron chi connectivity index (χ4n) is 2.88. The standard InChI is InChI=1S/C23H18F3N3OS2/c24-23(25,26)19-13-17(28-22-29-20(15-32-22)16-5-4-10-27-14-16)8-9-21(19)30-11-12-31-18-6-2-1-3-7-18/h1-10,13-15H,11-12H2,(H,28,29). The maximum atomic E-state index is 13.6. The van der Waals surface area contributed by atoms with Gasteiger partial charge in [-0.15, -0.1) is 23.1 Å². The van der Waals surface area contributed by atoms with Crippen LogP contribution in [0.5, 0.6) is 5.75 Å². The van der Waals surface area contributed by atoms with Gasteiger partial charge < -0.3 is 10.1 Å². The molecule has 4 aromatic rings. The monoisotopic (exact) mass is 473 g/mol. The van der Waals surface area contributed by atoms with Crippen molar-refractivity contribution in [3.8, 4) is 17.0 Å². The molecule has 2 aromatic carbocycles. The van der Waals surface area contributed by atoms with E-state index in [1.165, 1.54) is 29.2 Å². The fourth-order valence-corrected chi connectivity index (χ4v) is 4.38. The van der Waals surface area contributed by atoms with Gasteiger partial charge in [-0.3, -0.25) is 4.98 Å². The van der Waals surface area contributed by atoms with Crippen molar-refractivity contribution >= 4 is 33.9 Å². The SMILES string of the molecule is FC(F)(F)c1cc(Nc2nc(-c3cccnc3)cs2)ccc1OCCSc1ccccc1. The normalized spacial score (nSPS) is 11.3. The van der Waals surface area contributed by atoms with E-state index in [9.17, 15) is 13.2 Å². The first kappa shape index (κ1) is 22.2. The van der Waals surface area contributed by atoms with Gasteiger partial charge in [0, 0.05) is 39.7 Å². The lowest BCUT2D eigenvalue weighted by Gasteiger charge is -2.15. The molecule has 0 saturated carbocycles. The summed E-state index contributed by atoms with van der Waals surface area (Å²) >= 11 is 2.83. The Labute approximate surface area is 191 Å². The predicted molar refractivity (Wildman–Crippen MR) is 123 cm³/mol. The van der Waals surface area contributed by atoms with Crippen LogP contribution in [-0.2, 0) is 6.18 Å². The van der Waals surface area contributed by atoms with Crippen molar-refractivity contribution in [2.45, 2.75) is 11.1 Å². The average Bonchev–Trinajstić information content (AvgIpc) is 3.26. The van der Waals surface area contributed by atoms with Crippen molar-refractivity contribution in [1.82, 2.24) is 9.97 Å². The summed E-state index contributed by atoms with van der Waals surface area (Å²) in [5.74, 6) is 0.351. The molecule has 32 heavy (non-hydrogen) atoms. The lowest BCUT2D eigenvalue weighted by atomic mass is 10.1. The van der Waals surface area contributed by atoms with Crippen molar-refractivity contribution < 1.29 is 17.9 Å². The summed E-state index contributed by atoms with van der Waals surface area (Å²) in [5.41, 5.74) is 1.01. The van der Waals surface area contributed by atoms with Crippen LogP contribution in [-0.4, -0.2) is 22.3 Å². The number of hydrogen-bond donors (Lipinski definition) is 1. The Kier molecular flexibility index (Phi) is 6.96. The van der Waals surface area contributed by atoms with E-state index in [0.717, 1.165) is 16.5 Å². The third-order valence-corrected chi connectivity index (χ3v) is 6.08. The predicted octanol–water partition coefficient (Wildman–Crippen LogP) is 7.14. The van der Waals surface area contributed by atoms with Crippen LogP contribution in [0.2, 0.25) is 0 Å². The quantitative estimate of drug-likeness (QED) is 0.218. The van der Waals surface area contributed by atoms with Crippen LogP contribution >= 0.6 is 23.1 Å². The minimum Gasteiger partial charge on any atom is -0.492 e. The van der Waals surface area contributed by atoms with Crippen molar-refractivity contribution in [3.05, 3.63) is 84.0 Å². The summed E-state index contributed by atoms with van der Waals surface area (Å²) in [6, 6.07) is 17.3. The molecule has 0 aliphatic rings. The van der Waals surface area contributed by atoms with Gasteiger partial charge in [0.2, 0.25) is 0 Å². The van der Waals surface area contributed by atoms with E-state index in [0.29, 0.717) is 16.6 Å². The lowest BCUT2D eigenvalue weighted by Crippen LogP contribution is -2.11. The minimum absolute atomic E-state index is 0.163. The number of nitrogens with one attached hydrogen (secondary N) is 1. The molecule has 0 aliphatic carbocycles.